The van der Waals surface area contributed by atoms with Crippen molar-refractivity contribution < 1.29 is 0 Å². The molecule has 0 amide bonds. The minimum absolute atomic E-state index is 0.457. The Labute approximate surface area is 126 Å². The van der Waals surface area contributed by atoms with Crippen molar-refractivity contribution >= 4 is 22.6 Å². The van der Waals surface area contributed by atoms with Gasteiger partial charge in [0.15, 0.2) is 0 Å². The van der Waals surface area contributed by atoms with E-state index in [0.717, 1.165) is 17.9 Å². The molecule has 0 aliphatic heterocycles. The van der Waals surface area contributed by atoms with Gasteiger partial charge in [-0.1, -0.05) is 25.8 Å². The number of rotatable bonds is 4. The first kappa shape index (κ1) is 13.9. The van der Waals surface area contributed by atoms with Crippen molar-refractivity contribution in [1.29, 1.82) is 0 Å². The fraction of sp³-hybridized carbons (Fsp3) is 0.588. The van der Waals surface area contributed by atoms with E-state index >= 15 is 0 Å². The first-order valence-corrected chi connectivity index (χ1v) is 8.23. The number of imidazole rings is 1. The molecular formula is C17H23ClN2. The summed E-state index contributed by atoms with van der Waals surface area (Å²) in [4.78, 5) is 4.71. The maximum atomic E-state index is 6.13. The maximum absolute atomic E-state index is 6.13. The molecule has 0 atom stereocenters. The zero-order chi connectivity index (χ0) is 14.2. The van der Waals surface area contributed by atoms with E-state index < -0.39 is 0 Å². The molecule has 2 aromatic rings. The van der Waals surface area contributed by atoms with Crippen LogP contribution in [0.1, 0.15) is 50.4 Å². The summed E-state index contributed by atoms with van der Waals surface area (Å²) < 4.78 is 2.38. The average Bonchev–Trinajstić information content (AvgIpc) is 3.05. The van der Waals surface area contributed by atoms with Gasteiger partial charge in [-0.05, 0) is 49.3 Å². The van der Waals surface area contributed by atoms with Crippen LogP contribution < -0.4 is 0 Å². The lowest BCUT2D eigenvalue weighted by molar-refractivity contribution is 0.238. The molecule has 1 heterocycles. The van der Waals surface area contributed by atoms with Crippen molar-refractivity contribution in [3.8, 4) is 0 Å². The highest BCUT2D eigenvalue weighted by atomic mass is 35.5. The second kappa shape index (κ2) is 5.40. The summed E-state index contributed by atoms with van der Waals surface area (Å²) in [7, 11) is 0. The Morgan fingerprint density at radius 1 is 1.30 bits per heavy atom. The smallest absolute Gasteiger partial charge is 0.124 e. The Morgan fingerprint density at radius 3 is 2.70 bits per heavy atom. The normalized spacial score (nSPS) is 17.9. The van der Waals surface area contributed by atoms with Crippen LogP contribution in [0.4, 0.5) is 0 Å². The maximum Gasteiger partial charge on any atom is 0.124 e. The van der Waals surface area contributed by atoms with Crippen molar-refractivity contribution in [3.63, 3.8) is 0 Å². The zero-order valence-corrected chi connectivity index (χ0v) is 13.2. The SMILES string of the molecule is CCC1(Cn2c(CCl)nc3ccc(C)cc32)CCCC1. The molecule has 2 nitrogen and oxygen atoms in total. The number of aryl methyl sites for hydroxylation is 1. The Hall–Kier alpha value is -1.02. The third-order valence-electron chi connectivity index (χ3n) is 5.01. The summed E-state index contributed by atoms with van der Waals surface area (Å²) in [5.74, 6) is 1.51. The molecule has 3 heteroatoms. The van der Waals surface area contributed by atoms with Gasteiger partial charge in [0.1, 0.15) is 5.82 Å². The van der Waals surface area contributed by atoms with E-state index in [-0.39, 0.29) is 0 Å². The van der Waals surface area contributed by atoms with Gasteiger partial charge in [0.05, 0.1) is 16.9 Å². The molecule has 0 saturated heterocycles. The number of halogens is 1. The van der Waals surface area contributed by atoms with Gasteiger partial charge in [0.2, 0.25) is 0 Å². The molecular weight excluding hydrogens is 268 g/mol. The van der Waals surface area contributed by atoms with Crippen molar-refractivity contribution in [2.45, 2.75) is 58.4 Å². The first-order chi connectivity index (χ1) is 9.67. The molecule has 3 rings (SSSR count). The highest BCUT2D eigenvalue weighted by Gasteiger charge is 2.33. The highest BCUT2D eigenvalue weighted by Crippen LogP contribution is 2.43. The van der Waals surface area contributed by atoms with E-state index in [1.165, 1.54) is 43.2 Å². The third-order valence-corrected chi connectivity index (χ3v) is 5.25. The van der Waals surface area contributed by atoms with E-state index in [2.05, 4.69) is 36.6 Å². The first-order valence-electron chi connectivity index (χ1n) is 7.69. The van der Waals surface area contributed by atoms with E-state index in [9.17, 15) is 0 Å². The lowest BCUT2D eigenvalue weighted by atomic mass is 9.83. The van der Waals surface area contributed by atoms with E-state index in [4.69, 9.17) is 16.6 Å². The van der Waals surface area contributed by atoms with Crippen LogP contribution in [0.2, 0.25) is 0 Å². The number of aromatic nitrogens is 2. The van der Waals surface area contributed by atoms with Crippen molar-refractivity contribution in [3.05, 3.63) is 29.6 Å². The van der Waals surface area contributed by atoms with Gasteiger partial charge in [-0.15, -0.1) is 11.6 Å². The molecule has 1 saturated carbocycles. The molecule has 0 spiro atoms. The van der Waals surface area contributed by atoms with Gasteiger partial charge in [-0.3, -0.25) is 0 Å². The van der Waals surface area contributed by atoms with Crippen LogP contribution in [-0.2, 0) is 12.4 Å². The summed E-state index contributed by atoms with van der Waals surface area (Å²) in [6.07, 6.45) is 6.68. The molecule has 0 radical (unpaired) electrons. The highest BCUT2D eigenvalue weighted by molar-refractivity contribution is 6.16. The fourth-order valence-corrected chi connectivity index (χ4v) is 3.85. The van der Waals surface area contributed by atoms with Crippen LogP contribution in [0.25, 0.3) is 11.0 Å². The summed E-state index contributed by atoms with van der Waals surface area (Å²) >= 11 is 6.13. The van der Waals surface area contributed by atoms with E-state index in [1.54, 1.807) is 0 Å². The number of benzene rings is 1. The Bertz CT molecular complexity index is 609. The number of nitrogens with zero attached hydrogens (tertiary/aromatic N) is 2. The van der Waals surface area contributed by atoms with E-state index in [0.29, 0.717) is 11.3 Å². The molecule has 0 N–H and O–H groups in total. The second-order valence-corrected chi connectivity index (χ2v) is 6.57. The van der Waals surface area contributed by atoms with Crippen LogP contribution >= 0.6 is 11.6 Å². The molecule has 108 valence electrons. The average molecular weight is 291 g/mol. The number of hydrogen-bond donors (Lipinski definition) is 0. The van der Waals surface area contributed by atoms with Crippen LogP contribution in [0.3, 0.4) is 0 Å². The Morgan fingerprint density at radius 2 is 2.05 bits per heavy atom. The lowest BCUT2D eigenvalue weighted by Crippen LogP contribution is -2.23. The van der Waals surface area contributed by atoms with Crippen LogP contribution in [-0.4, -0.2) is 9.55 Å². The largest absolute Gasteiger partial charge is 0.326 e. The fourth-order valence-electron chi connectivity index (χ4n) is 3.64. The molecule has 1 aromatic heterocycles. The molecule has 0 bridgehead atoms. The van der Waals surface area contributed by atoms with Crippen molar-refractivity contribution in [1.82, 2.24) is 9.55 Å². The van der Waals surface area contributed by atoms with Gasteiger partial charge in [0.25, 0.3) is 0 Å². The quantitative estimate of drug-likeness (QED) is 0.720. The summed E-state index contributed by atoms with van der Waals surface area (Å²) in [6.45, 7) is 5.55. The van der Waals surface area contributed by atoms with Crippen LogP contribution in [0.5, 0.6) is 0 Å². The van der Waals surface area contributed by atoms with Gasteiger partial charge in [0, 0.05) is 6.54 Å². The summed E-state index contributed by atoms with van der Waals surface area (Å²) in [5.41, 5.74) is 4.07. The molecule has 20 heavy (non-hydrogen) atoms. The number of hydrogen-bond acceptors (Lipinski definition) is 1. The van der Waals surface area contributed by atoms with Crippen molar-refractivity contribution in [2.24, 2.45) is 5.41 Å². The minimum Gasteiger partial charge on any atom is -0.326 e. The predicted molar refractivity (Wildman–Crippen MR) is 85.2 cm³/mol. The van der Waals surface area contributed by atoms with Gasteiger partial charge in [-0.2, -0.15) is 0 Å². The van der Waals surface area contributed by atoms with Crippen LogP contribution in [0, 0.1) is 12.3 Å². The van der Waals surface area contributed by atoms with Crippen LogP contribution in [0.15, 0.2) is 18.2 Å². The molecule has 1 aromatic carbocycles. The second-order valence-electron chi connectivity index (χ2n) is 6.30. The standard InChI is InChI=1S/C17H23ClN2/c1-3-17(8-4-5-9-17)12-20-15-10-13(2)6-7-14(15)19-16(20)11-18/h6-7,10H,3-5,8-9,11-12H2,1-2H3. The van der Waals surface area contributed by atoms with Gasteiger partial charge < -0.3 is 4.57 Å². The monoisotopic (exact) mass is 290 g/mol. The number of fused-ring (bicyclic) bond motifs is 1. The predicted octanol–water partition coefficient (Wildman–Crippen LogP) is 5.05. The number of alkyl halides is 1. The van der Waals surface area contributed by atoms with Gasteiger partial charge >= 0.3 is 0 Å². The lowest BCUT2D eigenvalue weighted by Gasteiger charge is -2.29. The Balaban J connectivity index is 2.06. The van der Waals surface area contributed by atoms with Gasteiger partial charge in [-0.25, -0.2) is 4.98 Å². The van der Waals surface area contributed by atoms with Crippen molar-refractivity contribution in [2.75, 3.05) is 0 Å². The molecule has 1 aliphatic carbocycles. The minimum atomic E-state index is 0.457. The third kappa shape index (κ3) is 2.35. The molecule has 1 aliphatic rings. The van der Waals surface area contributed by atoms with E-state index in [1.807, 2.05) is 0 Å². The molecule has 1 fully saturated rings. The summed E-state index contributed by atoms with van der Waals surface area (Å²) in [6, 6.07) is 6.49. The Kier molecular flexibility index (Phi) is 3.76. The zero-order valence-electron chi connectivity index (χ0n) is 12.5. The summed E-state index contributed by atoms with van der Waals surface area (Å²) in [5, 5.41) is 0. The topological polar surface area (TPSA) is 17.8 Å². The molecule has 0 unspecified atom stereocenters.